The molecule has 1 rings (SSSR count). The average Bonchev–Trinajstić information content (AvgIpc) is 2.27. The Morgan fingerprint density at radius 2 is 2.24 bits per heavy atom. The lowest BCUT2D eigenvalue weighted by atomic mass is 10.2. The molecule has 0 aliphatic heterocycles. The van der Waals surface area contributed by atoms with Gasteiger partial charge in [0.15, 0.2) is 0 Å². The van der Waals surface area contributed by atoms with Crippen LogP contribution in [0, 0.1) is 5.92 Å². The number of aromatic nitrogens is 1. The van der Waals surface area contributed by atoms with Gasteiger partial charge in [0.1, 0.15) is 11.4 Å². The van der Waals surface area contributed by atoms with Crippen molar-refractivity contribution < 1.29 is 19.4 Å². The maximum absolute atomic E-state index is 11.3. The zero-order valence-electron chi connectivity index (χ0n) is 9.64. The molecule has 0 saturated heterocycles. The van der Waals surface area contributed by atoms with Gasteiger partial charge in [-0.3, -0.25) is 5.32 Å². The van der Waals surface area contributed by atoms with E-state index in [0.29, 0.717) is 0 Å². The molecule has 6 nitrogen and oxygen atoms in total. The first-order chi connectivity index (χ1) is 8.00. The van der Waals surface area contributed by atoms with Gasteiger partial charge in [0, 0.05) is 6.20 Å². The van der Waals surface area contributed by atoms with E-state index in [1.54, 1.807) is 0 Å². The lowest BCUT2D eigenvalue weighted by molar-refractivity contribution is 0.0697. The van der Waals surface area contributed by atoms with E-state index in [-0.39, 0.29) is 23.9 Å². The molecule has 0 aromatic carbocycles. The van der Waals surface area contributed by atoms with Crippen molar-refractivity contribution >= 4 is 17.9 Å². The predicted octanol–water partition coefficient (Wildman–Crippen LogP) is 1.98. The van der Waals surface area contributed by atoms with Gasteiger partial charge in [0.2, 0.25) is 0 Å². The highest BCUT2D eigenvalue weighted by Crippen LogP contribution is 2.11. The summed E-state index contributed by atoms with van der Waals surface area (Å²) in [7, 11) is 0. The molecule has 0 radical (unpaired) electrons. The molecule has 0 aliphatic carbocycles. The monoisotopic (exact) mass is 238 g/mol. The fraction of sp³-hybridized carbons (Fsp3) is 0.364. The lowest BCUT2D eigenvalue weighted by Gasteiger charge is -2.09. The maximum Gasteiger partial charge on any atom is 0.412 e. The number of nitrogens with zero attached hydrogens (tertiary/aromatic N) is 1. The number of carbonyl (C=O) groups is 2. The van der Waals surface area contributed by atoms with Gasteiger partial charge in [-0.15, -0.1) is 0 Å². The topological polar surface area (TPSA) is 88.5 Å². The molecule has 0 bridgehead atoms. The van der Waals surface area contributed by atoms with E-state index in [1.165, 1.54) is 18.3 Å². The molecule has 17 heavy (non-hydrogen) atoms. The van der Waals surface area contributed by atoms with Crippen LogP contribution in [0.1, 0.15) is 24.2 Å². The molecular formula is C11H14N2O4. The quantitative estimate of drug-likeness (QED) is 0.837. The Bertz CT molecular complexity index is 418. The number of pyridine rings is 1. The molecule has 1 heterocycles. The Balaban J connectivity index is 2.68. The second-order valence-corrected chi connectivity index (χ2v) is 3.82. The Labute approximate surface area is 98.6 Å². The summed E-state index contributed by atoms with van der Waals surface area (Å²) in [5, 5.41) is 11.2. The third-order valence-electron chi connectivity index (χ3n) is 1.81. The Kier molecular flexibility index (Phi) is 4.45. The fourth-order valence-corrected chi connectivity index (χ4v) is 1.05. The first-order valence-corrected chi connectivity index (χ1v) is 5.12. The summed E-state index contributed by atoms with van der Waals surface area (Å²) in [5.41, 5.74) is -0.0750. The summed E-state index contributed by atoms with van der Waals surface area (Å²) in [6.45, 7) is 4.06. The number of hydrogen-bond donors (Lipinski definition) is 2. The van der Waals surface area contributed by atoms with Crippen LogP contribution in [0.5, 0.6) is 0 Å². The molecule has 6 heteroatoms. The second kappa shape index (κ2) is 5.83. The number of nitrogens with one attached hydrogen (secondary N) is 1. The minimum absolute atomic E-state index is 0.0197. The Morgan fingerprint density at radius 1 is 1.53 bits per heavy atom. The molecule has 0 spiro atoms. The first-order valence-electron chi connectivity index (χ1n) is 5.12. The number of carboxylic acid groups (broad SMARTS) is 1. The van der Waals surface area contributed by atoms with Gasteiger partial charge in [0.25, 0.3) is 0 Å². The van der Waals surface area contributed by atoms with E-state index < -0.39 is 12.1 Å². The number of hydrogen-bond acceptors (Lipinski definition) is 4. The minimum atomic E-state index is -1.16. The van der Waals surface area contributed by atoms with Gasteiger partial charge in [-0.25, -0.2) is 14.6 Å². The van der Waals surface area contributed by atoms with Crippen molar-refractivity contribution in [1.29, 1.82) is 0 Å². The molecule has 0 fully saturated rings. The van der Waals surface area contributed by atoms with Crippen LogP contribution in [-0.4, -0.2) is 28.8 Å². The van der Waals surface area contributed by atoms with Crippen LogP contribution < -0.4 is 5.32 Å². The molecule has 0 aliphatic rings. The zero-order chi connectivity index (χ0) is 12.8. The van der Waals surface area contributed by atoms with Crippen LogP contribution in [-0.2, 0) is 4.74 Å². The fourth-order valence-electron chi connectivity index (χ4n) is 1.05. The van der Waals surface area contributed by atoms with Crippen molar-refractivity contribution in [3.8, 4) is 0 Å². The summed E-state index contributed by atoms with van der Waals surface area (Å²) in [5.74, 6) is -0.963. The van der Waals surface area contributed by atoms with Crippen molar-refractivity contribution in [2.45, 2.75) is 13.8 Å². The summed E-state index contributed by atoms with van der Waals surface area (Å²) in [6.07, 6.45) is 0.685. The smallest absolute Gasteiger partial charge is 0.412 e. The van der Waals surface area contributed by atoms with Crippen molar-refractivity contribution in [2.24, 2.45) is 5.92 Å². The van der Waals surface area contributed by atoms with E-state index in [9.17, 15) is 9.59 Å². The number of carboxylic acids is 1. The van der Waals surface area contributed by atoms with Gasteiger partial charge in [-0.05, 0) is 18.1 Å². The van der Waals surface area contributed by atoms with Crippen LogP contribution in [0.4, 0.5) is 10.6 Å². The van der Waals surface area contributed by atoms with Gasteiger partial charge in [0.05, 0.1) is 6.61 Å². The number of carbonyl (C=O) groups excluding carboxylic acids is 1. The highest BCUT2D eigenvalue weighted by atomic mass is 16.5. The number of rotatable bonds is 4. The molecule has 1 aromatic rings. The summed E-state index contributed by atoms with van der Waals surface area (Å²) in [4.78, 5) is 25.9. The third kappa shape index (κ3) is 4.10. The normalized spacial score (nSPS) is 10.1. The zero-order valence-corrected chi connectivity index (χ0v) is 9.64. The van der Waals surface area contributed by atoms with E-state index in [4.69, 9.17) is 9.84 Å². The summed E-state index contributed by atoms with van der Waals surface area (Å²) in [6, 6.07) is 2.83. The van der Waals surface area contributed by atoms with Crippen molar-refractivity contribution in [3.05, 3.63) is 23.9 Å². The highest BCUT2D eigenvalue weighted by molar-refractivity contribution is 5.97. The van der Waals surface area contributed by atoms with Gasteiger partial charge in [-0.1, -0.05) is 13.8 Å². The summed E-state index contributed by atoms with van der Waals surface area (Å²) >= 11 is 0. The number of ether oxygens (including phenoxy) is 1. The number of amides is 1. The predicted molar refractivity (Wildman–Crippen MR) is 61.0 cm³/mol. The number of aromatic carboxylic acids is 1. The SMILES string of the molecule is CC(C)COC(=O)Nc1ncccc1C(=O)O. The van der Waals surface area contributed by atoms with Crippen LogP contribution in [0.25, 0.3) is 0 Å². The van der Waals surface area contributed by atoms with Gasteiger partial charge < -0.3 is 9.84 Å². The van der Waals surface area contributed by atoms with Crippen LogP contribution in [0.2, 0.25) is 0 Å². The lowest BCUT2D eigenvalue weighted by Crippen LogP contribution is -2.19. The average molecular weight is 238 g/mol. The Morgan fingerprint density at radius 3 is 2.82 bits per heavy atom. The largest absolute Gasteiger partial charge is 0.478 e. The van der Waals surface area contributed by atoms with Gasteiger partial charge >= 0.3 is 12.1 Å². The molecule has 1 amide bonds. The Hall–Kier alpha value is -2.11. The van der Waals surface area contributed by atoms with Crippen LogP contribution in [0.15, 0.2) is 18.3 Å². The van der Waals surface area contributed by atoms with Crippen LogP contribution in [0.3, 0.4) is 0 Å². The molecular weight excluding hydrogens is 224 g/mol. The molecule has 92 valence electrons. The summed E-state index contributed by atoms with van der Waals surface area (Å²) < 4.78 is 4.86. The van der Waals surface area contributed by atoms with Crippen molar-refractivity contribution in [2.75, 3.05) is 11.9 Å². The standard InChI is InChI=1S/C11H14N2O4/c1-7(2)6-17-11(16)13-9-8(10(14)15)4-3-5-12-9/h3-5,7H,6H2,1-2H3,(H,14,15)(H,12,13,16). The highest BCUT2D eigenvalue weighted by Gasteiger charge is 2.13. The number of anilines is 1. The molecule has 0 atom stereocenters. The van der Waals surface area contributed by atoms with E-state index >= 15 is 0 Å². The molecule has 2 N–H and O–H groups in total. The second-order valence-electron chi connectivity index (χ2n) is 3.82. The van der Waals surface area contributed by atoms with Crippen molar-refractivity contribution in [1.82, 2.24) is 4.98 Å². The van der Waals surface area contributed by atoms with E-state index in [1.807, 2.05) is 13.8 Å². The van der Waals surface area contributed by atoms with Crippen LogP contribution >= 0.6 is 0 Å². The first kappa shape index (κ1) is 13.0. The van der Waals surface area contributed by atoms with E-state index in [2.05, 4.69) is 10.3 Å². The third-order valence-corrected chi connectivity index (χ3v) is 1.81. The molecule has 1 aromatic heterocycles. The minimum Gasteiger partial charge on any atom is -0.478 e. The maximum atomic E-state index is 11.3. The molecule has 0 saturated carbocycles. The molecule has 0 unspecified atom stereocenters. The van der Waals surface area contributed by atoms with Crippen molar-refractivity contribution in [3.63, 3.8) is 0 Å². The van der Waals surface area contributed by atoms with Gasteiger partial charge in [-0.2, -0.15) is 0 Å². The van der Waals surface area contributed by atoms with E-state index in [0.717, 1.165) is 0 Å².